The topological polar surface area (TPSA) is 44.9 Å². The average molecular weight is 263 g/mol. The number of ketones is 1. The first-order chi connectivity index (χ1) is 8.77. The van der Waals surface area contributed by atoms with Gasteiger partial charge in [-0.1, -0.05) is 17.7 Å². The molecule has 2 N–H and O–H groups in total. The van der Waals surface area contributed by atoms with E-state index in [2.05, 4.69) is 10.3 Å². The standard InChI is InChI=1S/C14H15ClN2O/c15-11-2-1-3-12-13(11)10(8-17-12)14(18)9-4-6-16-7-5-9/h1-3,8-9,16-17H,4-7H2. The Bertz CT molecular complexity index is 584. The Morgan fingerprint density at radius 2 is 2.06 bits per heavy atom. The summed E-state index contributed by atoms with van der Waals surface area (Å²) in [6.45, 7) is 1.85. The van der Waals surface area contributed by atoms with E-state index in [4.69, 9.17) is 11.6 Å². The fourth-order valence-corrected chi connectivity index (χ4v) is 2.91. The Kier molecular flexibility index (Phi) is 3.10. The predicted octanol–water partition coefficient (Wildman–Crippen LogP) is 3.00. The molecule has 18 heavy (non-hydrogen) atoms. The van der Waals surface area contributed by atoms with E-state index in [-0.39, 0.29) is 11.7 Å². The minimum Gasteiger partial charge on any atom is -0.360 e. The SMILES string of the molecule is O=C(c1c[nH]c2cccc(Cl)c12)C1CCNCC1. The third kappa shape index (κ3) is 1.93. The second kappa shape index (κ2) is 4.75. The summed E-state index contributed by atoms with van der Waals surface area (Å²) in [6, 6.07) is 5.66. The van der Waals surface area contributed by atoms with Crippen LogP contribution in [0, 0.1) is 5.92 Å². The highest BCUT2D eigenvalue weighted by Gasteiger charge is 2.24. The van der Waals surface area contributed by atoms with Crippen LogP contribution in [0.2, 0.25) is 5.02 Å². The number of fused-ring (bicyclic) bond motifs is 1. The molecule has 0 unspecified atom stereocenters. The van der Waals surface area contributed by atoms with Gasteiger partial charge < -0.3 is 10.3 Å². The molecule has 0 radical (unpaired) electrons. The summed E-state index contributed by atoms with van der Waals surface area (Å²) in [5.74, 6) is 0.345. The quantitative estimate of drug-likeness (QED) is 0.818. The first-order valence-corrected chi connectivity index (χ1v) is 6.65. The van der Waals surface area contributed by atoms with Gasteiger partial charge in [-0.05, 0) is 38.1 Å². The molecule has 1 aliphatic rings. The lowest BCUT2D eigenvalue weighted by Gasteiger charge is -2.21. The van der Waals surface area contributed by atoms with Crippen LogP contribution in [-0.4, -0.2) is 23.9 Å². The molecular weight excluding hydrogens is 248 g/mol. The molecular formula is C14H15ClN2O. The van der Waals surface area contributed by atoms with Crippen molar-refractivity contribution in [1.82, 2.24) is 10.3 Å². The van der Waals surface area contributed by atoms with Crippen LogP contribution in [0.15, 0.2) is 24.4 Å². The molecule has 0 saturated carbocycles. The van der Waals surface area contributed by atoms with Gasteiger partial charge in [0.1, 0.15) is 0 Å². The number of Topliss-reactive ketones (excluding diaryl/α,β-unsaturated/α-hetero) is 1. The van der Waals surface area contributed by atoms with E-state index in [0.717, 1.165) is 42.4 Å². The molecule has 0 bridgehead atoms. The van der Waals surface area contributed by atoms with Gasteiger partial charge in [-0.2, -0.15) is 0 Å². The summed E-state index contributed by atoms with van der Waals surface area (Å²) in [5, 5.41) is 4.79. The molecule has 1 saturated heterocycles. The fraction of sp³-hybridized carbons (Fsp3) is 0.357. The lowest BCUT2D eigenvalue weighted by Crippen LogP contribution is -2.31. The van der Waals surface area contributed by atoms with E-state index in [0.29, 0.717) is 5.02 Å². The molecule has 4 heteroatoms. The van der Waals surface area contributed by atoms with Gasteiger partial charge in [0.05, 0.1) is 5.02 Å². The van der Waals surface area contributed by atoms with Crippen LogP contribution in [-0.2, 0) is 0 Å². The zero-order chi connectivity index (χ0) is 12.5. The highest BCUT2D eigenvalue weighted by Crippen LogP contribution is 2.29. The summed E-state index contributed by atoms with van der Waals surface area (Å²) in [4.78, 5) is 15.6. The van der Waals surface area contributed by atoms with Crippen molar-refractivity contribution in [3.8, 4) is 0 Å². The minimum atomic E-state index is 0.126. The number of hydrogen-bond acceptors (Lipinski definition) is 2. The van der Waals surface area contributed by atoms with Crippen LogP contribution >= 0.6 is 11.6 Å². The number of carbonyl (C=O) groups is 1. The summed E-state index contributed by atoms with van der Waals surface area (Å²) in [5.41, 5.74) is 1.67. The molecule has 0 aliphatic carbocycles. The Labute approximate surface area is 111 Å². The molecule has 1 aromatic carbocycles. The minimum absolute atomic E-state index is 0.126. The number of aromatic amines is 1. The number of piperidine rings is 1. The zero-order valence-electron chi connectivity index (χ0n) is 10.0. The number of hydrogen-bond donors (Lipinski definition) is 2. The zero-order valence-corrected chi connectivity index (χ0v) is 10.8. The first-order valence-electron chi connectivity index (χ1n) is 6.28. The molecule has 1 aromatic heterocycles. The number of benzene rings is 1. The van der Waals surface area contributed by atoms with E-state index in [1.807, 2.05) is 18.2 Å². The van der Waals surface area contributed by atoms with Gasteiger partial charge in [-0.3, -0.25) is 4.79 Å². The van der Waals surface area contributed by atoms with Crippen molar-refractivity contribution >= 4 is 28.3 Å². The molecule has 2 aromatic rings. The van der Waals surface area contributed by atoms with E-state index < -0.39 is 0 Å². The monoisotopic (exact) mass is 262 g/mol. The van der Waals surface area contributed by atoms with Crippen LogP contribution < -0.4 is 5.32 Å². The Balaban J connectivity index is 2.01. The maximum atomic E-state index is 12.5. The van der Waals surface area contributed by atoms with Gasteiger partial charge in [0.2, 0.25) is 0 Å². The first kappa shape index (κ1) is 11.8. The maximum Gasteiger partial charge on any atom is 0.168 e. The van der Waals surface area contributed by atoms with Crippen LogP contribution in [0.3, 0.4) is 0 Å². The Morgan fingerprint density at radius 1 is 1.28 bits per heavy atom. The molecule has 0 spiro atoms. The summed E-state index contributed by atoms with van der Waals surface area (Å²) >= 11 is 6.20. The number of aromatic nitrogens is 1. The van der Waals surface area contributed by atoms with Crippen LogP contribution in [0.1, 0.15) is 23.2 Å². The number of H-pyrrole nitrogens is 1. The smallest absolute Gasteiger partial charge is 0.168 e. The highest BCUT2D eigenvalue weighted by atomic mass is 35.5. The van der Waals surface area contributed by atoms with Gasteiger partial charge in [0.15, 0.2) is 5.78 Å². The number of nitrogens with one attached hydrogen (secondary N) is 2. The van der Waals surface area contributed by atoms with E-state index in [1.54, 1.807) is 6.20 Å². The summed E-state index contributed by atoms with van der Waals surface area (Å²) in [7, 11) is 0. The third-order valence-corrected chi connectivity index (χ3v) is 3.95. The Morgan fingerprint density at radius 3 is 2.83 bits per heavy atom. The molecule has 0 atom stereocenters. The molecule has 1 fully saturated rings. The van der Waals surface area contributed by atoms with Crippen molar-refractivity contribution in [2.75, 3.05) is 13.1 Å². The van der Waals surface area contributed by atoms with Crippen molar-refractivity contribution in [3.63, 3.8) is 0 Å². The lowest BCUT2D eigenvalue weighted by molar-refractivity contribution is 0.0897. The predicted molar refractivity (Wildman–Crippen MR) is 73.2 cm³/mol. The van der Waals surface area contributed by atoms with E-state index >= 15 is 0 Å². The molecule has 3 nitrogen and oxygen atoms in total. The van der Waals surface area contributed by atoms with Gasteiger partial charge in [0.25, 0.3) is 0 Å². The number of halogens is 1. The van der Waals surface area contributed by atoms with Crippen molar-refractivity contribution in [2.45, 2.75) is 12.8 Å². The van der Waals surface area contributed by atoms with Crippen molar-refractivity contribution < 1.29 is 4.79 Å². The molecule has 2 heterocycles. The summed E-state index contributed by atoms with van der Waals surface area (Å²) in [6.07, 6.45) is 3.62. The molecule has 3 rings (SSSR count). The molecule has 94 valence electrons. The Hall–Kier alpha value is -1.32. The lowest BCUT2D eigenvalue weighted by atomic mass is 9.89. The molecule has 1 aliphatic heterocycles. The summed E-state index contributed by atoms with van der Waals surface area (Å²) < 4.78 is 0. The van der Waals surface area contributed by atoms with Crippen molar-refractivity contribution in [2.24, 2.45) is 5.92 Å². The van der Waals surface area contributed by atoms with Gasteiger partial charge >= 0.3 is 0 Å². The average Bonchev–Trinajstić information content (AvgIpc) is 2.84. The van der Waals surface area contributed by atoms with E-state index in [9.17, 15) is 4.79 Å². The fourth-order valence-electron chi connectivity index (χ4n) is 2.64. The van der Waals surface area contributed by atoms with Crippen molar-refractivity contribution in [1.29, 1.82) is 0 Å². The van der Waals surface area contributed by atoms with Gasteiger partial charge in [0, 0.05) is 28.6 Å². The number of rotatable bonds is 2. The second-order valence-electron chi connectivity index (χ2n) is 4.75. The maximum absolute atomic E-state index is 12.5. The van der Waals surface area contributed by atoms with Crippen LogP contribution in [0.4, 0.5) is 0 Å². The third-order valence-electron chi connectivity index (χ3n) is 3.63. The molecule has 0 amide bonds. The highest BCUT2D eigenvalue weighted by molar-refractivity contribution is 6.36. The van der Waals surface area contributed by atoms with Crippen LogP contribution in [0.5, 0.6) is 0 Å². The van der Waals surface area contributed by atoms with Crippen molar-refractivity contribution in [3.05, 3.63) is 35.0 Å². The van der Waals surface area contributed by atoms with E-state index in [1.165, 1.54) is 0 Å². The second-order valence-corrected chi connectivity index (χ2v) is 5.16. The van der Waals surface area contributed by atoms with Gasteiger partial charge in [-0.15, -0.1) is 0 Å². The largest absolute Gasteiger partial charge is 0.360 e. The van der Waals surface area contributed by atoms with Gasteiger partial charge in [-0.25, -0.2) is 0 Å². The number of carbonyl (C=O) groups excluding carboxylic acids is 1. The van der Waals surface area contributed by atoms with Crippen LogP contribution in [0.25, 0.3) is 10.9 Å². The normalized spacial score (nSPS) is 17.2.